The third kappa shape index (κ3) is 3.23. The highest BCUT2D eigenvalue weighted by atomic mass is 32.1. The lowest BCUT2D eigenvalue weighted by molar-refractivity contribution is 0.270. The molecule has 0 radical (unpaired) electrons. The van der Waals surface area contributed by atoms with Crippen molar-refractivity contribution in [3.8, 4) is 0 Å². The third-order valence-electron chi connectivity index (χ3n) is 4.27. The molecule has 0 aromatic carbocycles. The molecule has 2 aromatic heterocycles. The second kappa shape index (κ2) is 6.68. The summed E-state index contributed by atoms with van der Waals surface area (Å²) in [5, 5.41) is 4.27. The minimum absolute atomic E-state index is 0.0689. The number of hydrogen-bond donors (Lipinski definition) is 1. The van der Waals surface area contributed by atoms with Crippen molar-refractivity contribution in [3.05, 3.63) is 54.1 Å². The second-order valence-corrected chi connectivity index (χ2v) is 6.55. The van der Waals surface area contributed by atoms with Gasteiger partial charge in [-0.05, 0) is 50.6 Å². The first-order valence-electron chi connectivity index (χ1n) is 7.82. The molecule has 1 fully saturated rings. The normalized spacial score (nSPS) is 21.0. The van der Waals surface area contributed by atoms with E-state index in [4.69, 9.17) is 12.2 Å². The largest absolute Gasteiger partial charge is 0.353 e. The Bertz CT molecular complexity index is 667. The third-order valence-corrected chi connectivity index (χ3v) is 4.63. The summed E-state index contributed by atoms with van der Waals surface area (Å²) in [6, 6.07) is 10.5. The number of hydrogen-bond acceptors (Lipinski definition) is 3. The molecule has 6 heteroatoms. The van der Waals surface area contributed by atoms with Gasteiger partial charge in [0.25, 0.3) is 0 Å². The van der Waals surface area contributed by atoms with Gasteiger partial charge in [0, 0.05) is 38.2 Å². The first-order chi connectivity index (χ1) is 11.1. The molecule has 3 heterocycles. The first kappa shape index (κ1) is 16.0. The molecule has 0 spiro atoms. The lowest BCUT2D eigenvalue weighted by Crippen LogP contribution is -2.36. The molecule has 0 amide bonds. The smallest absolute Gasteiger partial charge is 0.170 e. The summed E-state index contributed by atoms with van der Waals surface area (Å²) in [7, 11) is 6.25. The van der Waals surface area contributed by atoms with Crippen molar-refractivity contribution in [2.75, 3.05) is 27.2 Å². The van der Waals surface area contributed by atoms with Gasteiger partial charge in [0.15, 0.2) is 5.11 Å². The van der Waals surface area contributed by atoms with Gasteiger partial charge >= 0.3 is 0 Å². The average Bonchev–Trinajstić information content (AvgIpc) is 3.09. The Balaban J connectivity index is 1.96. The molecule has 0 unspecified atom stereocenters. The molecule has 1 aliphatic heterocycles. The van der Waals surface area contributed by atoms with Crippen molar-refractivity contribution in [2.45, 2.75) is 12.1 Å². The molecule has 1 aliphatic rings. The summed E-state index contributed by atoms with van der Waals surface area (Å²) in [5.41, 5.74) is 2.26. The van der Waals surface area contributed by atoms with Crippen LogP contribution < -0.4 is 5.32 Å². The molecule has 2 aromatic rings. The van der Waals surface area contributed by atoms with Crippen molar-refractivity contribution in [1.82, 2.24) is 24.7 Å². The van der Waals surface area contributed by atoms with E-state index in [1.165, 1.54) is 5.69 Å². The van der Waals surface area contributed by atoms with Crippen molar-refractivity contribution in [1.29, 1.82) is 0 Å². The number of aryl methyl sites for hydroxylation is 1. The first-order valence-corrected chi connectivity index (χ1v) is 8.23. The van der Waals surface area contributed by atoms with Gasteiger partial charge in [-0.3, -0.25) is 4.98 Å². The van der Waals surface area contributed by atoms with Crippen LogP contribution in [0.4, 0.5) is 0 Å². The van der Waals surface area contributed by atoms with Crippen LogP contribution in [0.5, 0.6) is 0 Å². The van der Waals surface area contributed by atoms with E-state index in [-0.39, 0.29) is 12.1 Å². The zero-order valence-electron chi connectivity index (χ0n) is 13.8. The molecule has 1 N–H and O–H groups in total. The van der Waals surface area contributed by atoms with Gasteiger partial charge in [0.05, 0.1) is 17.8 Å². The summed E-state index contributed by atoms with van der Waals surface area (Å²) >= 11 is 5.62. The van der Waals surface area contributed by atoms with Crippen molar-refractivity contribution < 1.29 is 0 Å². The monoisotopic (exact) mass is 329 g/mol. The Hall–Kier alpha value is -1.92. The highest BCUT2D eigenvalue weighted by molar-refractivity contribution is 7.80. The van der Waals surface area contributed by atoms with Crippen LogP contribution in [0.15, 0.2) is 42.7 Å². The SMILES string of the molecule is CN(C)CCN1C(=S)N[C@@H](c2ccccn2)[C@@H]1c1cccn1C. The maximum atomic E-state index is 5.62. The molecular weight excluding hydrogens is 306 g/mol. The van der Waals surface area contributed by atoms with Crippen LogP contribution in [0, 0.1) is 0 Å². The summed E-state index contributed by atoms with van der Waals surface area (Å²) in [6.45, 7) is 1.84. The van der Waals surface area contributed by atoms with Gasteiger partial charge in [-0.1, -0.05) is 6.07 Å². The zero-order valence-corrected chi connectivity index (χ0v) is 14.6. The van der Waals surface area contributed by atoms with Crippen LogP contribution in [0.3, 0.4) is 0 Å². The maximum Gasteiger partial charge on any atom is 0.170 e. The average molecular weight is 329 g/mol. The quantitative estimate of drug-likeness (QED) is 0.849. The molecule has 2 atom stereocenters. The number of thiocarbonyl (C=S) groups is 1. The van der Waals surface area contributed by atoms with E-state index in [2.05, 4.69) is 70.2 Å². The predicted molar refractivity (Wildman–Crippen MR) is 96.1 cm³/mol. The fourth-order valence-electron chi connectivity index (χ4n) is 3.06. The zero-order chi connectivity index (χ0) is 16.4. The topological polar surface area (TPSA) is 36.3 Å². The Kier molecular flexibility index (Phi) is 4.63. The minimum Gasteiger partial charge on any atom is -0.353 e. The van der Waals surface area contributed by atoms with Gasteiger partial charge in [0.2, 0.25) is 0 Å². The van der Waals surface area contributed by atoms with E-state index in [9.17, 15) is 0 Å². The standard InChI is InChI=1S/C17H23N5S/c1-20(2)11-12-22-16(14-8-6-10-21(14)3)15(19-17(22)23)13-7-4-5-9-18-13/h4-10,15-16H,11-12H2,1-3H3,(H,19,23)/t15-,16-/m0/s1. The van der Waals surface area contributed by atoms with Crippen molar-refractivity contribution in [3.63, 3.8) is 0 Å². The molecule has 122 valence electrons. The highest BCUT2D eigenvalue weighted by Gasteiger charge is 2.40. The van der Waals surface area contributed by atoms with Crippen molar-refractivity contribution >= 4 is 17.3 Å². The van der Waals surface area contributed by atoms with Crippen LogP contribution in [-0.4, -0.2) is 51.6 Å². The lowest BCUT2D eigenvalue weighted by atomic mass is 10.0. The molecule has 3 rings (SSSR count). The highest BCUT2D eigenvalue weighted by Crippen LogP contribution is 2.38. The van der Waals surface area contributed by atoms with Gasteiger partial charge in [-0.2, -0.15) is 0 Å². The molecule has 0 aliphatic carbocycles. The Labute approximate surface area is 142 Å². The van der Waals surface area contributed by atoms with Crippen LogP contribution in [-0.2, 0) is 7.05 Å². The molecule has 23 heavy (non-hydrogen) atoms. The number of rotatable bonds is 5. The summed E-state index contributed by atoms with van der Waals surface area (Å²) in [6.07, 6.45) is 3.92. The number of nitrogens with one attached hydrogen (secondary N) is 1. The molecule has 0 saturated carbocycles. The maximum absolute atomic E-state index is 5.62. The Morgan fingerprint density at radius 3 is 2.70 bits per heavy atom. The second-order valence-electron chi connectivity index (χ2n) is 6.17. The number of pyridine rings is 1. The summed E-state index contributed by atoms with van der Waals surface area (Å²) in [4.78, 5) is 9.01. The van der Waals surface area contributed by atoms with E-state index in [1.54, 1.807) is 0 Å². The van der Waals surface area contributed by atoms with Crippen LogP contribution in [0.1, 0.15) is 23.5 Å². The molecule has 1 saturated heterocycles. The fraction of sp³-hybridized carbons (Fsp3) is 0.412. The van der Waals surface area contributed by atoms with Gasteiger partial charge in [-0.25, -0.2) is 0 Å². The van der Waals surface area contributed by atoms with Gasteiger partial charge in [-0.15, -0.1) is 0 Å². The summed E-state index contributed by atoms with van der Waals surface area (Å²) < 4.78 is 2.17. The van der Waals surface area contributed by atoms with E-state index in [0.717, 1.165) is 23.9 Å². The number of nitrogens with zero attached hydrogens (tertiary/aromatic N) is 4. The van der Waals surface area contributed by atoms with E-state index >= 15 is 0 Å². The minimum atomic E-state index is 0.0689. The number of likely N-dealkylation sites (N-methyl/N-ethyl adjacent to an activating group) is 1. The lowest BCUT2D eigenvalue weighted by Gasteiger charge is -2.29. The van der Waals surface area contributed by atoms with E-state index < -0.39 is 0 Å². The summed E-state index contributed by atoms with van der Waals surface area (Å²) in [5.74, 6) is 0. The van der Waals surface area contributed by atoms with Crippen LogP contribution in [0.25, 0.3) is 0 Å². The molecule has 0 bridgehead atoms. The molecule has 5 nitrogen and oxygen atoms in total. The van der Waals surface area contributed by atoms with Crippen molar-refractivity contribution in [2.24, 2.45) is 7.05 Å². The Morgan fingerprint density at radius 1 is 1.26 bits per heavy atom. The number of aromatic nitrogens is 2. The van der Waals surface area contributed by atoms with Gasteiger partial charge < -0.3 is 19.7 Å². The van der Waals surface area contributed by atoms with Gasteiger partial charge in [0.1, 0.15) is 0 Å². The van der Waals surface area contributed by atoms with Crippen LogP contribution in [0.2, 0.25) is 0 Å². The Morgan fingerprint density at radius 2 is 2.09 bits per heavy atom. The molecular formula is C17H23N5S. The van der Waals surface area contributed by atoms with E-state index in [1.807, 2.05) is 18.3 Å². The predicted octanol–water partition coefficient (Wildman–Crippen LogP) is 1.95. The van der Waals surface area contributed by atoms with E-state index in [0.29, 0.717) is 0 Å². The van der Waals surface area contributed by atoms with Crippen LogP contribution >= 0.6 is 12.2 Å². The fourth-order valence-corrected chi connectivity index (χ4v) is 3.39.